The van der Waals surface area contributed by atoms with Gasteiger partial charge in [-0.15, -0.1) is 0 Å². The molecule has 1 aliphatic heterocycles. The number of cyclic esters (lactones) is 1. The highest BCUT2D eigenvalue weighted by molar-refractivity contribution is 9.11. The summed E-state index contributed by atoms with van der Waals surface area (Å²) in [6.07, 6.45) is 6.90. The number of halogens is 3. The number of nitrogens with zero attached hydrogens (tertiary/aromatic N) is 1. The van der Waals surface area contributed by atoms with Crippen LogP contribution in [-0.2, 0) is 20.9 Å². The first kappa shape index (κ1) is 20.8. The molecule has 0 aromatic carbocycles. The molecular weight excluding hydrogens is 494 g/mol. The summed E-state index contributed by atoms with van der Waals surface area (Å²) in [4.78, 5) is 24.5. The number of esters is 1. The molecule has 0 aliphatic carbocycles. The van der Waals surface area contributed by atoms with Crippen LogP contribution in [0.15, 0.2) is 27.4 Å². The van der Waals surface area contributed by atoms with E-state index in [0.717, 1.165) is 28.2 Å². The van der Waals surface area contributed by atoms with Crippen LogP contribution in [0.25, 0.3) is 0 Å². The molecule has 1 aromatic rings. The van der Waals surface area contributed by atoms with Crippen LogP contribution in [0.2, 0.25) is 0 Å². The van der Waals surface area contributed by atoms with E-state index in [2.05, 4.69) is 38.8 Å². The molecule has 2 rings (SSSR count). The largest absolute Gasteiger partial charge is 1.00 e. The van der Waals surface area contributed by atoms with Gasteiger partial charge in [0.1, 0.15) is 0 Å². The summed E-state index contributed by atoms with van der Waals surface area (Å²) in [5.74, 6) is -0.351. The zero-order chi connectivity index (χ0) is 16.3. The van der Waals surface area contributed by atoms with Gasteiger partial charge in [0.15, 0.2) is 18.0 Å². The standard InChI is InChI=1S/C16H20Br2NO3.BrH/c1-3-4-5-11-6-15(21)22-16(11,2)14(20)10-19-8-12(17)7-13(18)9-19;/h7-9,11H,3-6,10H2,1-2H3;1H/q+1;/p-1. The fourth-order valence-corrected chi connectivity index (χ4v) is 4.17. The molecule has 7 heteroatoms. The van der Waals surface area contributed by atoms with Crippen LogP contribution < -0.4 is 21.5 Å². The fourth-order valence-electron chi connectivity index (χ4n) is 2.84. The van der Waals surface area contributed by atoms with Crippen LogP contribution in [0.1, 0.15) is 39.5 Å². The lowest BCUT2D eigenvalue weighted by molar-refractivity contribution is -0.686. The molecule has 1 aromatic heterocycles. The number of pyridine rings is 1. The van der Waals surface area contributed by atoms with Crippen molar-refractivity contribution >= 4 is 43.6 Å². The average molecular weight is 514 g/mol. The number of rotatable bonds is 6. The Balaban J connectivity index is 0.00000264. The van der Waals surface area contributed by atoms with Gasteiger partial charge in [0.25, 0.3) is 0 Å². The summed E-state index contributed by atoms with van der Waals surface area (Å²) in [5, 5.41) is 0. The number of ether oxygens (including phenoxy) is 1. The van der Waals surface area contributed by atoms with E-state index in [1.807, 2.05) is 18.5 Å². The highest BCUT2D eigenvalue weighted by Gasteiger charge is 2.51. The zero-order valence-electron chi connectivity index (χ0n) is 13.2. The van der Waals surface area contributed by atoms with Gasteiger partial charge in [0, 0.05) is 5.92 Å². The Morgan fingerprint density at radius 1 is 1.39 bits per heavy atom. The van der Waals surface area contributed by atoms with E-state index < -0.39 is 5.60 Å². The average Bonchev–Trinajstić information content (AvgIpc) is 2.71. The number of ketones is 1. The molecule has 1 saturated heterocycles. The third kappa shape index (κ3) is 5.10. The summed E-state index contributed by atoms with van der Waals surface area (Å²) in [7, 11) is 0. The Morgan fingerprint density at radius 2 is 2.00 bits per heavy atom. The van der Waals surface area contributed by atoms with Crippen LogP contribution in [0.4, 0.5) is 0 Å². The molecule has 23 heavy (non-hydrogen) atoms. The van der Waals surface area contributed by atoms with Crippen molar-refractivity contribution in [3.63, 3.8) is 0 Å². The van der Waals surface area contributed by atoms with Crippen molar-refractivity contribution in [1.82, 2.24) is 0 Å². The minimum atomic E-state index is -1.01. The van der Waals surface area contributed by atoms with Crippen LogP contribution in [-0.4, -0.2) is 17.4 Å². The summed E-state index contributed by atoms with van der Waals surface area (Å²) in [6.45, 7) is 4.05. The summed E-state index contributed by atoms with van der Waals surface area (Å²) >= 11 is 6.82. The summed E-state index contributed by atoms with van der Waals surface area (Å²) in [5.41, 5.74) is -1.01. The first-order valence-electron chi connectivity index (χ1n) is 7.45. The van der Waals surface area contributed by atoms with E-state index in [-0.39, 0.29) is 41.2 Å². The third-order valence-electron chi connectivity index (χ3n) is 4.16. The van der Waals surface area contributed by atoms with Crippen LogP contribution in [0.5, 0.6) is 0 Å². The number of unbranched alkanes of at least 4 members (excludes halogenated alkanes) is 1. The van der Waals surface area contributed by atoms with Gasteiger partial charge < -0.3 is 21.7 Å². The number of carbonyl (C=O) groups excluding carboxylic acids is 2. The monoisotopic (exact) mass is 511 g/mol. The smallest absolute Gasteiger partial charge is 0.307 e. The van der Waals surface area contributed by atoms with E-state index in [1.54, 1.807) is 11.5 Å². The quantitative estimate of drug-likeness (QED) is 0.413. The minimum absolute atomic E-state index is 0. The van der Waals surface area contributed by atoms with Crippen molar-refractivity contribution < 1.29 is 35.9 Å². The molecule has 0 radical (unpaired) electrons. The van der Waals surface area contributed by atoms with E-state index in [4.69, 9.17) is 4.74 Å². The number of hydrogen-bond donors (Lipinski definition) is 0. The normalized spacial score (nSPS) is 23.3. The molecule has 2 unspecified atom stereocenters. The first-order valence-corrected chi connectivity index (χ1v) is 9.04. The Labute approximate surface area is 164 Å². The van der Waals surface area contributed by atoms with E-state index in [0.29, 0.717) is 6.42 Å². The van der Waals surface area contributed by atoms with Gasteiger partial charge in [-0.1, -0.05) is 19.8 Å². The number of aromatic nitrogens is 1. The number of Topliss-reactive ketones (excluding diaryl/α,β-unsaturated/α-hetero) is 1. The van der Waals surface area contributed by atoms with Gasteiger partial charge in [-0.3, -0.25) is 9.59 Å². The molecule has 0 saturated carbocycles. The lowest BCUT2D eigenvalue weighted by Gasteiger charge is -2.26. The fraction of sp³-hybridized carbons (Fsp3) is 0.562. The zero-order valence-corrected chi connectivity index (χ0v) is 17.9. The molecular formula is C16H20Br3NO3. The van der Waals surface area contributed by atoms with E-state index in [9.17, 15) is 9.59 Å². The van der Waals surface area contributed by atoms with Crippen molar-refractivity contribution in [2.75, 3.05) is 0 Å². The summed E-state index contributed by atoms with van der Waals surface area (Å²) in [6, 6.07) is 1.91. The van der Waals surface area contributed by atoms with Gasteiger partial charge >= 0.3 is 5.97 Å². The maximum absolute atomic E-state index is 12.7. The number of carbonyl (C=O) groups is 2. The van der Waals surface area contributed by atoms with Crippen LogP contribution in [0, 0.1) is 5.92 Å². The first-order chi connectivity index (χ1) is 10.3. The molecule has 2 atom stereocenters. The van der Waals surface area contributed by atoms with Gasteiger partial charge in [-0.05, 0) is 51.3 Å². The second-order valence-corrected chi connectivity index (χ2v) is 7.72. The van der Waals surface area contributed by atoms with Gasteiger partial charge in [-0.2, -0.15) is 4.57 Å². The maximum Gasteiger partial charge on any atom is 0.307 e. The topological polar surface area (TPSA) is 47.3 Å². The van der Waals surface area contributed by atoms with E-state index in [1.165, 1.54) is 0 Å². The Kier molecular flexibility index (Phi) is 7.87. The Morgan fingerprint density at radius 3 is 2.57 bits per heavy atom. The predicted molar refractivity (Wildman–Crippen MR) is 89.2 cm³/mol. The maximum atomic E-state index is 12.7. The molecule has 2 heterocycles. The van der Waals surface area contributed by atoms with Crippen molar-refractivity contribution in [3.8, 4) is 0 Å². The number of hydrogen-bond acceptors (Lipinski definition) is 3. The highest BCUT2D eigenvalue weighted by atomic mass is 79.9. The minimum Gasteiger partial charge on any atom is -1.00 e. The molecule has 1 aliphatic rings. The SMILES string of the molecule is CCCCC1CC(=O)OC1(C)C(=O)C[n+]1cc(Br)cc(Br)c1.[Br-]. The lowest BCUT2D eigenvalue weighted by Crippen LogP contribution is -3.00. The van der Waals surface area contributed by atoms with Crippen molar-refractivity contribution in [3.05, 3.63) is 27.4 Å². The van der Waals surface area contributed by atoms with Gasteiger partial charge in [0.2, 0.25) is 12.3 Å². The molecule has 0 spiro atoms. The third-order valence-corrected chi connectivity index (χ3v) is 5.03. The molecule has 4 nitrogen and oxygen atoms in total. The van der Waals surface area contributed by atoms with Crippen LogP contribution >= 0.6 is 31.9 Å². The van der Waals surface area contributed by atoms with Gasteiger partial charge in [-0.25, -0.2) is 0 Å². The molecule has 1 fully saturated rings. The highest BCUT2D eigenvalue weighted by Crippen LogP contribution is 2.37. The summed E-state index contributed by atoms with van der Waals surface area (Å²) < 4.78 is 8.98. The van der Waals surface area contributed by atoms with Crippen molar-refractivity contribution in [1.29, 1.82) is 0 Å². The molecule has 0 bridgehead atoms. The molecule has 128 valence electrons. The second-order valence-electron chi connectivity index (χ2n) is 5.89. The molecule has 0 N–H and O–H groups in total. The lowest BCUT2D eigenvalue weighted by atomic mass is 9.82. The second kappa shape index (κ2) is 8.72. The van der Waals surface area contributed by atoms with Crippen molar-refractivity contribution in [2.24, 2.45) is 5.92 Å². The van der Waals surface area contributed by atoms with E-state index >= 15 is 0 Å². The van der Waals surface area contributed by atoms with Gasteiger partial charge in [0.05, 0.1) is 15.4 Å². The molecule has 0 amide bonds. The van der Waals surface area contributed by atoms with Crippen molar-refractivity contribution in [2.45, 2.75) is 51.7 Å². The van der Waals surface area contributed by atoms with Crippen LogP contribution in [0.3, 0.4) is 0 Å². The Bertz CT molecular complexity index is 574. The predicted octanol–water partition coefficient (Wildman–Crippen LogP) is 0.584. The Hall–Kier alpha value is -0.270.